The van der Waals surface area contributed by atoms with Gasteiger partial charge in [-0.3, -0.25) is 4.90 Å². The third-order valence-electron chi connectivity index (χ3n) is 5.16. The lowest BCUT2D eigenvalue weighted by atomic mass is 9.86. The van der Waals surface area contributed by atoms with Crippen LogP contribution >= 0.6 is 0 Å². The van der Waals surface area contributed by atoms with E-state index in [4.69, 9.17) is 4.74 Å². The van der Waals surface area contributed by atoms with E-state index in [1.807, 2.05) is 35.9 Å². The van der Waals surface area contributed by atoms with Crippen molar-refractivity contribution in [1.82, 2.24) is 19.7 Å². The van der Waals surface area contributed by atoms with Gasteiger partial charge >= 0.3 is 0 Å². The Morgan fingerprint density at radius 3 is 2.76 bits per heavy atom. The molecule has 1 aromatic heterocycles. The Kier molecular flexibility index (Phi) is 5.39. The highest BCUT2D eigenvalue weighted by Crippen LogP contribution is 2.35. The molecule has 1 aromatic carbocycles. The summed E-state index contributed by atoms with van der Waals surface area (Å²) in [7, 11) is 1.65. The Balaban J connectivity index is 1.78. The van der Waals surface area contributed by atoms with Gasteiger partial charge in [0.05, 0.1) is 13.7 Å². The number of ether oxygens (including phenoxy) is 1. The number of benzene rings is 1. The van der Waals surface area contributed by atoms with E-state index < -0.39 is 5.60 Å². The SMILES string of the molecule is CCCn1ncnc1CN1CCC[C@H]1[C@@](C)(O)c1ccc(OC)cc1. The maximum absolute atomic E-state index is 11.3. The number of aromatic nitrogens is 3. The van der Waals surface area contributed by atoms with Crippen molar-refractivity contribution >= 4 is 0 Å². The molecule has 0 radical (unpaired) electrons. The monoisotopic (exact) mass is 344 g/mol. The van der Waals surface area contributed by atoms with Gasteiger partial charge in [0, 0.05) is 12.6 Å². The van der Waals surface area contributed by atoms with Crippen LogP contribution in [-0.4, -0.2) is 44.5 Å². The average molecular weight is 344 g/mol. The van der Waals surface area contributed by atoms with Crippen LogP contribution in [0.15, 0.2) is 30.6 Å². The van der Waals surface area contributed by atoms with Crippen molar-refractivity contribution in [2.75, 3.05) is 13.7 Å². The summed E-state index contributed by atoms with van der Waals surface area (Å²) in [6.45, 7) is 6.61. The summed E-state index contributed by atoms with van der Waals surface area (Å²) in [6.07, 6.45) is 4.71. The van der Waals surface area contributed by atoms with Crippen LogP contribution in [0.4, 0.5) is 0 Å². The zero-order valence-electron chi connectivity index (χ0n) is 15.4. The number of rotatable bonds is 7. The largest absolute Gasteiger partial charge is 0.497 e. The molecule has 3 rings (SSSR count). The molecular formula is C19H28N4O2. The molecule has 2 heterocycles. The van der Waals surface area contributed by atoms with Crippen LogP contribution < -0.4 is 4.74 Å². The van der Waals surface area contributed by atoms with Gasteiger partial charge in [0.15, 0.2) is 0 Å². The third-order valence-corrected chi connectivity index (χ3v) is 5.16. The lowest BCUT2D eigenvalue weighted by molar-refractivity contribution is -0.0264. The molecule has 0 saturated carbocycles. The Morgan fingerprint density at radius 1 is 1.32 bits per heavy atom. The van der Waals surface area contributed by atoms with Crippen molar-refractivity contribution in [1.29, 1.82) is 0 Å². The number of hydrogen-bond donors (Lipinski definition) is 1. The summed E-state index contributed by atoms with van der Waals surface area (Å²) >= 11 is 0. The van der Waals surface area contributed by atoms with Crippen LogP contribution in [0.3, 0.4) is 0 Å². The number of likely N-dealkylation sites (tertiary alicyclic amines) is 1. The fourth-order valence-corrected chi connectivity index (χ4v) is 3.76. The first-order valence-electron chi connectivity index (χ1n) is 9.04. The molecule has 2 atom stereocenters. The van der Waals surface area contributed by atoms with Crippen LogP contribution in [0.1, 0.15) is 44.5 Å². The molecule has 1 saturated heterocycles. The zero-order chi connectivity index (χ0) is 17.9. The average Bonchev–Trinajstić information content (AvgIpc) is 3.26. The standard InChI is InChI=1S/C19H28N4O2/c1-4-11-23-18(20-14-21-23)13-22-12-5-6-17(22)19(2,24)15-7-9-16(25-3)10-8-15/h7-10,14,17,24H,4-6,11-13H2,1-3H3/t17-,19-/m0/s1. The highest BCUT2D eigenvalue weighted by atomic mass is 16.5. The van der Waals surface area contributed by atoms with Crippen molar-refractivity contribution < 1.29 is 9.84 Å². The predicted octanol–water partition coefficient (Wildman–Crippen LogP) is 2.57. The lowest BCUT2D eigenvalue weighted by Gasteiger charge is -2.37. The minimum atomic E-state index is -0.918. The first-order valence-corrected chi connectivity index (χ1v) is 9.04. The van der Waals surface area contributed by atoms with E-state index in [-0.39, 0.29) is 6.04 Å². The van der Waals surface area contributed by atoms with Gasteiger partial charge in [-0.2, -0.15) is 5.10 Å². The summed E-state index contributed by atoms with van der Waals surface area (Å²) in [5, 5.41) is 15.6. The van der Waals surface area contributed by atoms with Gasteiger partial charge in [-0.15, -0.1) is 0 Å². The van der Waals surface area contributed by atoms with Crippen molar-refractivity contribution in [2.24, 2.45) is 0 Å². The molecule has 1 N–H and O–H groups in total. The van der Waals surface area contributed by atoms with Crippen LogP contribution in [0.25, 0.3) is 0 Å². The summed E-state index contributed by atoms with van der Waals surface area (Å²) in [4.78, 5) is 6.76. The van der Waals surface area contributed by atoms with Gasteiger partial charge < -0.3 is 9.84 Å². The van der Waals surface area contributed by atoms with E-state index in [0.717, 1.165) is 56.0 Å². The molecule has 1 aliphatic heterocycles. The van der Waals surface area contributed by atoms with E-state index in [9.17, 15) is 5.11 Å². The van der Waals surface area contributed by atoms with Crippen LogP contribution in [0, 0.1) is 0 Å². The van der Waals surface area contributed by atoms with Crippen LogP contribution in [0.5, 0.6) is 5.75 Å². The van der Waals surface area contributed by atoms with E-state index in [1.54, 1.807) is 13.4 Å². The number of methoxy groups -OCH3 is 1. The molecule has 0 spiro atoms. The minimum absolute atomic E-state index is 0.0627. The van der Waals surface area contributed by atoms with Gasteiger partial charge in [-0.25, -0.2) is 9.67 Å². The molecule has 25 heavy (non-hydrogen) atoms. The predicted molar refractivity (Wildman–Crippen MR) is 96.3 cm³/mol. The molecule has 2 aromatic rings. The highest BCUT2D eigenvalue weighted by Gasteiger charge is 2.40. The summed E-state index contributed by atoms with van der Waals surface area (Å²) < 4.78 is 7.19. The Bertz CT molecular complexity index is 681. The van der Waals surface area contributed by atoms with E-state index in [0.29, 0.717) is 0 Å². The second-order valence-corrected chi connectivity index (χ2v) is 6.90. The second kappa shape index (κ2) is 7.54. The van der Waals surface area contributed by atoms with Gasteiger partial charge in [-0.05, 0) is 50.4 Å². The summed E-state index contributed by atoms with van der Waals surface area (Å²) in [5.41, 5.74) is -0.00140. The lowest BCUT2D eigenvalue weighted by Crippen LogP contribution is -2.45. The first-order chi connectivity index (χ1) is 12.1. The van der Waals surface area contributed by atoms with Crippen molar-refractivity contribution in [3.05, 3.63) is 42.0 Å². The minimum Gasteiger partial charge on any atom is -0.497 e. The molecule has 0 bridgehead atoms. The molecule has 1 aliphatic rings. The first kappa shape index (κ1) is 17.9. The van der Waals surface area contributed by atoms with Crippen molar-refractivity contribution in [3.63, 3.8) is 0 Å². The second-order valence-electron chi connectivity index (χ2n) is 6.90. The van der Waals surface area contributed by atoms with E-state index in [1.165, 1.54) is 0 Å². The Hall–Kier alpha value is -1.92. The molecule has 0 aliphatic carbocycles. The molecule has 6 nitrogen and oxygen atoms in total. The van der Waals surface area contributed by atoms with Crippen molar-refractivity contribution in [2.45, 2.75) is 57.8 Å². The molecular weight excluding hydrogens is 316 g/mol. The smallest absolute Gasteiger partial charge is 0.141 e. The van der Waals surface area contributed by atoms with Gasteiger partial charge in [-0.1, -0.05) is 19.1 Å². The maximum Gasteiger partial charge on any atom is 0.141 e. The number of hydrogen-bond acceptors (Lipinski definition) is 5. The zero-order valence-corrected chi connectivity index (χ0v) is 15.4. The highest BCUT2D eigenvalue weighted by molar-refractivity contribution is 5.31. The number of aliphatic hydroxyl groups is 1. The number of aryl methyl sites for hydroxylation is 1. The van der Waals surface area contributed by atoms with Gasteiger partial charge in [0.2, 0.25) is 0 Å². The number of nitrogens with zero attached hydrogens (tertiary/aromatic N) is 4. The summed E-state index contributed by atoms with van der Waals surface area (Å²) in [6, 6.07) is 7.78. The quantitative estimate of drug-likeness (QED) is 0.836. The fraction of sp³-hybridized carbons (Fsp3) is 0.579. The van der Waals surface area contributed by atoms with E-state index >= 15 is 0 Å². The van der Waals surface area contributed by atoms with E-state index in [2.05, 4.69) is 21.9 Å². The molecule has 0 amide bonds. The maximum atomic E-state index is 11.3. The molecule has 6 heteroatoms. The fourth-order valence-electron chi connectivity index (χ4n) is 3.76. The van der Waals surface area contributed by atoms with Gasteiger partial charge in [0.1, 0.15) is 23.5 Å². The summed E-state index contributed by atoms with van der Waals surface area (Å²) in [5.74, 6) is 1.77. The molecule has 1 fully saturated rings. The van der Waals surface area contributed by atoms with Crippen molar-refractivity contribution in [3.8, 4) is 5.75 Å². The normalized spacial score (nSPS) is 20.6. The Labute approximate surface area is 149 Å². The van der Waals surface area contributed by atoms with Gasteiger partial charge in [0.25, 0.3) is 0 Å². The van der Waals surface area contributed by atoms with Crippen LogP contribution in [-0.2, 0) is 18.7 Å². The van der Waals surface area contributed by atoms with Crippen LogP contribution in [0.2, 0.25) is 0 Å². The topological polar surface area (TPSA) is 63.4 Å². The molecule has 136 valence electrons. The third kappa shape index (κ3) is 3.70. The molecule has 0 unspecified atom stereocenters. The Morgan fingerprint density at radius 2 is 2.08 bits per heavy atom.